The Hall–Kier alpha value is -4.65. The van der Waals surface area contributed by atoms with Gasteiger partial charge in [-0.1, -0.05) is 60.7 Å². The number of nitrogens with two attached hydrogens (primary N) is 2. The zero-order valence-corrected chi connectivity index (χ0v) is 17.5. The third-order valence-electron chi connectivity index (χ3n) is 5.17. The van der Waals surface area contributed by atoms with Gasteiger partial charge in [-0.15, -0.1) is 0 Å². The molecule has 4 rings (SSSR count). The maximum Gasteiger partial charge on any atom is 0.169 e. The summed E-state index contributed by atoms with van der Waals surface area (Å²) in [5.74, 6) is -0.682. The van der Waals surface area contributed by atoms with Crippen molar-refractivity contribution in [1.29, 1.82) is 10.8 Å². The number of nitrogen functional groups attached to an aromatic ring is 2. The maximum atomic E-state index is 14.8. The summed E-state index contributed by atoms with van der Waals surface area (Å²) in [6.45, 7) is 0. The number of aromatic hydroxyl groups is 1. The van der Waals surface area contributed by atoms with Crippen LogP contribution in [0.25, 0.3) is 22.3 Å². The van der Waals surface area contributed by atoms with Crippen LogP contribution < -0.4 is 16.2 Å². The second kappa shape index (κ2) is 8.84. The maximum absolute atomic E-state index is 14.8. The molecule has 4 aromatic carbocycles. The highest BCUT2D eigenvalue weighted by Gasteiger charge is 2.12. The lowest BCUT2D eigenvalue weighted by molar-refractivity contribution is 0.396. The lowest BCUT2D eigenvalue weighted by Gasteiger charge is -2.12. The summed E-state index contributed by atoms with van der Waals surface area (Å²) in [5.41, 5.74) is 15.1. The molecule has 4 aromatic rings. The van der Waals surface area contributed by atoms with Crippen LogP contribution in [0.1, 0.15) is 11.1 Å². The SMILES string of the molecule is N=C(N)c1ccc(-c2ccc(Oc3cc(-c4ccc(C(=N)N)cc4)ccc3O)c(F)c2)cc1. The molecule has 164 valence electrons. The molecule has 0 saturated carbocycles. The molecule has 33 heavy (non-hydrogen) atoms. The summed E-state index contributed by atoms with van der Waals surface area (Å²) < 4.78 is 20.5. The summed E-state index contributed by atoms with van der Waals surface area (Å²) in [6, 6.07) is 23.4. The molecule has 7 heteroatoms. The molecule has 0 atom stereocenters. The molecule has 0 aliphatic heterocycles. The number of rotatable bonds is 6. The number of hydrogen-bond donors (Lipinski definition) is 5. The summed E-state index contributed by atoms with van der Waals surface area (Å²) in [4.78, 5) is 0. The van der Waals surface area contributed by atoms with Crippen molar-refractivity contribution in [3.8, 4) is 39.5 Å². The Labute approximate surface area is 189 Å². The Bertz CT molecular complexity index is 1350. The van der Waals surface area contributed by atoms with Gasteiger partial charge in [0.25, 0.3) is 0 Å². The molecule has 6 nitrogen and oxygen atoms in total. The van der Waals surface area contributed by atoms with E-state index in [2.05, 4.69) is 0 Å². The van der Waals surface area contributed by atoms with Crippen LogP contribution in [0.3, 0.4) is 0 Å². The van der Waals surface area contributed by atoms with Gasteiger partial charge in [-0.25, -0.2) is 4.39 Å². The fraction of sp³-hybridized carbons (Fsp3) is 0. The normalized spacial score (nSPS) is 10.6. The number of halogens is 1. The molecule has 0 amide bonds. The average Bonchev–Trinajstić information content (AvgIpc) is 2.81. The molecular formula is C26H21FN4O2. The van der Waals surface area contributed by atoms with E-state index in [1.54, 1.807) is 66.7 Å². The molecule has 0 fully saturated rings. The van der Waals surface area contributed by atoms with Crippen molar-refractivity contribution in [3.05, 3.63) is 102 Å². The Morgan fingerprint density at radius 2 is 1.09 bits per heavy atom. The molecule has 0 unspecified atom stereocenters. The van der Waals surface area contributed by atoms with E-state index in [0.29, 0.717) is 16.7 Å². The van der Waals surface area contributed by atoms with E-state index in [4.69, 9.17) is 27.0 Å². The number of amidine groups is 2. The number of nitrogens with one attached hydrogen (secondary N) is 2. The summed E-state index contributed by atoms with van der Waals surface area (Å²) in [5, 5.41) is 25.2. The lowest BCUT2D eigenvalue weighted by atomic mass is 10.0. The second-order valence-electron chi connectivity index (χ2n) is 7.41. The van der Waals surface area contributed by atoms with Gasteiger partial charge in [0.2, 0.25) is 0 Å². The van der Waals surface area contributed by atoms with E-state index in [9.17, 15) is 9.50 Å². The smallest absolute Gasteiger partial charge is 0.169 e. The van der Waals surface area contributed by atoms with Crippen LogP contribution in [0.15, 0.2) is 84.9 Å². The molecule has 7 N–H and O–H groups in total. The topological polar surface area (TPSA) is 129 Å². The highest BCUT2D eigenvalue weighted by molar-refractivity contribution is 5.96. The van der Waals surface area contributed by atoms with Gasteiger partial charge in [0.1, 0.15) is 11.7 Å². The highest BCUT2D eigenvalue weighted by atomic mass is 19.1. The molecule has 0 aliphatic rings. The Kier molecular flexibility index (Phi) is 5.78. The molecule has 0 heterocycles. The van der Waals surface area contributed by atoms with Gasteiger partial charge in [-0.2, -0.15) is 0 Å². The Balaban J connectivity index is 1.59. The van der Waals surface area contributed by atoms with Crippen LogP contribution >= 0.6 is 0 Å². The third-order valence-corrected chi connectivity index (χ3v) is 5.17. The van der Waals surface area contributed by atoms with Crippen LogP contribution in [0.5, 0.6) is 17.2 Å². The highest BCUT2D eigenvalue weighted by Crippen LogP contribution is 2.36. The van der Waals surface area contributed by atoms with E-state index in [1.165, 1.54) is 18.2 Å². The standard InChI is InChI=1S/C26H21FN4O2/c27-21-13-19(15-1-5-17(6-2-15)25(28)29)10-12-23(21)33-24-14-20(9-11-22(24)32)16-3-7-18(8-4-16)26(30)31/h1-14,32H,(H3,28,29)(H3,30,31). The van der Waals surface area contributed by atoms with Gasteiger partial charge in [-0.05, 0) is 46.5 Å². The van der Waals surface area contributed by atoms with Crippen molar-refractivity contribution >= 4 is 11.7 Å². The van der Waals surface area contributed by atoms with Crippen LogP contribution in [0, 0.1) is 16.6 Å². The first-order valence-corrected chi connectivity index (χ1v) is 10.0. The lowest BCUT2D eigenvalue weighted by Crippen LogP contribution is -2.10. The minimum atomic E-state index is -0.584. The van der Waals surface area contributed by atoms with Crippen molar-refractivity contribution in [1.82, 2.24) is 0 Å². The van der Waals surface area contributed by atoms with Gasteiger partial charge < -0.3 is 21.3 Å². The fourth-order valence-corrected chi connectivity index (χ4v) is 3.34. The number of phenols is 1. The van der Waals surface area contributed by atoms with Crippen LogP contribution in [0.4, 0.5) is 4.39 Å². The quantitative estimate of drug-likeness (QED) is 0.208. The van der Waals surface area contributed by atoms with Crippen LogP contribution in [-0.2, 0) is 0 Å². The fourth-order valence-electron chi connectivity index (χ4n) is 3.34. The largest absolute Gasteiger partial charge is 0.504 e. The first-order valence-electron chi connectivity index (χ1n) is 10.0. The molecule has 0 saturated heterocycles. The minimum absolute atomic E-state index is 0.0232. The predicted molar refractivity (Wildman–Crippen MR) is 127 cm³/mol. The third kappa shape index (κ3) is 4.67. The van der Waals surface area contributed by atoms with Crippen molar-refractivity contribution in [2.45, 2.75) is 0 Å². The monoisotopic (exact) mass is 440 g/mol. The van der Waals surface area contributed by atoms with E-state index in [-0.39, 0.29) is 28.9 Å². The number of benzene rings is 4. The summed E-state index contributed by atoms with van der Waals surface area (Å²) in [6.07, 6.45) is 0. The van der Waals surface area contributed by atoms with Crippen LogP contribution in [-0.4, -0.2) is 16.8 Å². The molecule has 0 radical (unpaired) electrons. The van der Waals surface area contributed by atoms with E-state index in [0.717, 1.165) is 16.7 Å². The van der Waals surface area contributed by atoms with Crippen molar-refractivity contribution in [3.63, 3.8) is 0 Å². The molecule has 0 aliphatic carbocycles. The number of phenolic OH excluding ortho intramolecular Hbond substituents is 1. The van der Waals surface area contributed by atoms with Gasteiger partial charge in [-0.3, -0.25) is 10.8 Å². The summed E-state index contributed by atoms with van der Waals surface area (Å²) in [7, 11) is 0. The zero-order valence-electron chi connectivity index (χ0n) is 17.5. The Morgan fingerprint density at radius 3 is 1.58 bits per heavy atom. The van der Waals surface area contributed by atoms with E-state index >= 15 is 0 Å². The predicted octanol–water partition coefficient (Wildman–Crippen LogP) is 5.23. The zero-order chi connectivity index (χ0) is 23.5. The van der Waals surface area contributed by atoms with Gasteiger partial charge in [0.15, 0.2) is 23.1 Å². The van der Waals surface area contributed by atoms with Gasteiger partial charge in [0.05, 0.1) is 0 Å². The summed E-state index contributed by atoms with van der Waals surface area (Å²) >= 11 is 0. The Morgan fingerprint density at radius 1 is 0.636 bits per heavy atom. The second-order valence-corrected chi connectivity index (χ2v) is 7.41. The first kappa shape index (κ1) is 21.6. The van der Waals surface area contributed by atoms with Crippen molar-refractivity contribution < 1.29 is 14.2 Å². The molecule has 0 spiro atoms. The number of hydrogen-bond acceptors (Lipinski definition) is 4. The average molecular weight is 440 g/mol. The van der Waals surface area contributed by atoms with Crippen molar-refractivity contribution in [2.75, 3.05) is 0 Å². The number of ether oxygens (including phenoxy) is 1. The molecule has 0 bridgehead atoms. The van der Waals surface area contributed by atoms with E-state index < -0.39 is 5.82 Å². The molecular weight excluding hydrogens is 419 g/mol. The van der Waals surface area contributed by atoms with E-state index in [1.807, 2.05) is 0 Å². The first-order chi connectivity index (χ1) is 15.8. The van der Waals surface area contributed by atoms with Crippen LogP contribution in [0.2, 0.25) is 0 Å². The van der Waals surface area contributed by atoms with Gasteiger partial charge >= 0.3 is 0 Å². The van der Waals surface area contributed by atoms with Gasteiger partial charge in [0, 0.05) is 11.1 Å². The van der Waals surface area contributed by atoms with Crippen molar-refractivity contribution in [2.24, 2.45) is 11.5 Å². The minimum Gasteiger partial charge on any atom is -0.504 e. The molecule has 0 aromatic heterocycles.